The lowest BCUT2D eigenvalue weighted by molar-refractivity contribution is -0.147. The van der Waals surface area contributed by atoms with Crippen LogP contribution in [0.25, 0.3) is 0 Å². The number of hydrogen-bond donors (Lipinski definition) is 9. The second-order valence-electron chi connectivity index (χ2n) is 8.61. The summed E-state index contributed by atoms with van der Waals surface area (Å²) in [6.45, 7) is 0. The van der Waals surface area contributed by atoms with Gasteiger partial charge in [-0.25, -0.2) is 4.79 Å². The van der Waals surface area contributed by atoms with Crippen molar-refractivity contribution in [1.82, 2.24) is 16.0 Å². The Morgan fingerprint density at radius 3 is 1.72 bits per heavy atom. The van der Waals surface area contributed by atoms with Gasteiger partial charge in [0.2, 0.25) is 29.5 Å². The minimum absolute atomic E-state index is 0.0851. The molecule has 0 fully saturated rings. The molecule has 0 aliphatic rings. The number of benzene rings is 1. The lowest BCUT2D eigenvalue weighted by Crippen LogP contribution is -2.58. The van der Waals surface area contributed by atoms with Crippen LogP contribution in [0.3, 0.4) is 0 Å². The minimum atomic E-state index is -1.82. The summed E-state index contributed by atoms with van der Waals surface area (Å²) < 4.78 is 0. The van der Waals surface area contributed by atoms with E-state index in [1.165, 1.54) is 24.3 Å². The van der Waals surface area contributed by atoms with Gasteiger partial charge in [0, 0.05) is 19.3 Å². The zero-order valence-corrected chi connectivity index (χ0v) is 20.8. The molecule has 0 radical (unpaired) electrons. The summed E-state index contributed by atoms with van der Waals surface area (Å²) in [5.41, 5.74) is 16.3. The number of carboxylic acids is 2. The number of phenolic OH excluding ortho intramolecular Hbond substituents is 1. The van der Waals surface area contributed by atoms with Crippen molar-refractivity contribution in [3.63, 3.8) is 0 Å². The van der Waals surface area contributed by atoms with Crippen LogP contribution in [0.2, 0.25) is 0 Å². The van der Waals surface area contributed by atoms with Gasteiger partial charge < -0.3 is 48.5 Å². The highest BCUT2D eigenvalue weighted by atomic mass is 16.4. The molecule has 5 amide bonds. The van der Waals surface area contributed by atoms with E-state index in [1.54, 1.807) is 0 Å². The molecule has 4 atom stereocenters. The summed E-state index contributed by atoms with van der Waals surface area (Å²) in [5, 5.41) is 34.4. The summed E-state index contributed by atoms with van der Waals surface area (Å²) in [6.07, 6.45) is -2.14. The molecule has 39 heavy (non-hydrogen) atoms. The number of carboxylic acid groups (broad SMARTS) is 2. The molecule has 1 aromatic rings. The monoisotopic (exact) mass is 552 g/mol. The Bertz CT molecular complexity index is 1080. The van der Waals surface area contributed by atoms with Crippen molar-refractivity contribution in [1.29, 1.82) is 0 Å². The van der Waals surface area contributed by atoms with E-state index in [4.69, 9.17) is 22.3 Å². The zero-order valence-electron chi connectivity index (χ0n) is 20.8. The first-order valence-corrected chi connectivity index (χ1v) is 11.6. The van der Waals surface area contributed by atoms with Gasteiger partial charge >= 0.3 is 11.9 Å². The molecule has 0 heterocycles. The summed E-state index contributed by atoms with van der Waals surface area (Å²) in [7, 11) is 0. The Morgan fingerprint density at radius 1 is 0.718 bits per heavy atom. The molecular weight excluding hydrogens is 520 g/mol. The van der Waals surface area contributed by atoms with Crippen molar-refractivity contribution in [2.75, 3.05) is 0 Å². The van der Waals surface area contributed by atoms with Gasteiger partial charge in [-0.05, 0) is 30.5 Å². The highest BCUT2D eigenvalue weighted by molar-refractivity contribution is 5.95. The number of carbonyl (C=O) groups excluding carboxylic acids is 5. The number of carbonyl (C=O) groups is 7. The van der Waals surface area contributed by atoms with E-state index in [9.17, 15) is 43.8 Å². The van der Waals surface area contributed by atoms with E-state index in [2.05, 4.69) is 16.0 Å². The third-order valence-corrected chi connectivity index (χ3v) is 5.35. The number of hydrogen-bond acceptors (Lipinski definition) is 9. The Hall–Kier alpha value is -4.73. The molecule has 1 rings (SSSR count). The molecule has 4 unspecified atom stereocenters. The SMILES string of the molecule is NC(=O)CCC(N)C(=O)NC(CCC(N)=O)C(=O)NC(Cc1ccc(O)cc1)C(=O)NC(CC(=O)O)C(=O)O. The lowest BCUT2D eigenvalue weighted by Gasteiger charge is -2.25. The fourth-order valence-electron chi connectivity index (χ4n) is 3.26. The van der Waals surface area contributed by atoms with Crippen LogP contribution in [-0.2, 0) is 40.0 Å². The number of nitrogens with one attached hydrogen (secondary N) is 3. The van der Waals surface area contributed by atoms with Gasteiger partial charge in [0.15, 0.2) is 0 Å². The number of phenols is 1. The van der Waals surface area contributed by atoms with E-state index in [1.807, 2.05) is 0 Å². The molecule has 0 saturated heterocycles. The average Bonchev–Trinajstić information content (AvgIpc) is 2.84. The predicted octanol–water partition coefficient (Wildman–Crippen LogP) is -3.19. The van der Waals surface area contributed by atoms with Crippen LogP contribution in [0.1, 0.15) is 37.7 Å². The molecule has 12 N–H and O–H groups in total. The van der Waals surface area contributed by atoms with Crippen molar-refractivity contribution < 1.29 is 48.9 Å². The van der Waals surface area contributed by atoms with Gasteiger partial charge in [-0.1, -0.05) is 12.1 Å². The molecule has 214 valence electrons. The Balaban J connectivity index is 3.18. The number of amides is 5. The van der Waals surface area contributed by atoms with Gasteiger partial charge in [0.25, 0.3) is 0 Å². The first-order valence-electron chi connectivity index (χ1n) is 11.6. The van der Waals surface area contributed by atoms with Gasteiger partial charge in [-0.15, -0.1) is 0 Å². The second kappa shape index (κ2) is 15.5. The van der Waals surface area contributed by atoms with E-state index in [0.717, 1.165) is 0 Å². The van der Waals surface area contributed by atoms with Crippen molar-refractivity contribution in [2.45, 2.75) is 62.7 Å². The summed E-state index contributed by atoms with van der Waals surface area (Å²) in [5.74, 6) is -7.58. The second-order valence-corrected chi connectivity index (χ2v) is 8.61. The van der Waals surface area contributed by atoms with E-state index in [-0.39, 0.29) is 37.9 Å². The molecule has 0 spiro atoms. The van der Waals surface area contributed by atoms with Gasteiger partial charge in [0.1, 0.15) is 23.9 Å². The lowest BCUT2D eigenvalue weighted by atomic mass is 10.0. The van der Waals surface area contributed by atoms with Crippen molar-refractivity contribution in [2.24, 2.45) is 17.2 Å². The Kier molecular flexibility index (Phi) is 12.8. The van der Waals surface area contributed by atoms with E-state index in [0.29, 0.717) is 5.56 Å². The number of primary amides is 2. The highest BCUT2D eigenvalue weighted by Gasteiger charge is 2.31. The summed E-state index contributed by atoms with van der Waals surface area (Å²) >= 11 is 0. The molecule has 16 nitrogen and oxygen atoms in total. The fraction of sp³-hybridized carbons (Fsp3) is 0.435. The van der Waals surface area contributed by atoms with Gasteiger partial charge in [-0.3, -0.25) is 28.8 Å². The zero-order chi connectivity index (χ0) is 29.7. The predicted molar refractivity (Wildman–Crippen MR) is 132 cm³/mol. The first kappa shape index (κ1) is 32.3. The van der Waals surface area contributed by atoms with Crippen LogP contribution >= 0.6 is 0 Å². The van der Waals surface area contributed by atoms with E-state index >= 15 is 0 Å². The molecular formula is C23H32N6O10. The summed E-state index contributed by atoms with van der Waals surface area (Å²) in [4.78, 5) is 83.2. The maximum absolute atomic E-state index is 13.1. The molecule has 0 aliphatic heterocycles. The number of aliphatic carboxylic acids is 2. The van der Waals surface area contributed by atoms with E-state index < -0.39 is 72.1 Å². The number of nitrogens with two attached hydrogens (primary N) is 3. The van der Waals surface area contributed by atoms with Crippen molar-refractivity contribution >= 4 is 41.5 Å². The number of rotatable bonds is 17. The van der Waals surface area contributed by atoms with Crippen LogP contribution in [0.4, 0.5) is 0 Å². The van der Waals surface area contributed by atoms with Crippen molar-refractivity contribution in [3.05, 3.63) is 29.8 Å². The molecule has 0 bridgehead atoms. The van der Waals surface area contributed by atoms with Crippen LogP contribution in [0.5, 0.6) is 5.75 Å². The smallest absolute Gasteiger partial charge is 0.326 e. The molecule has 0 aliphatic carbocycles. The normalized spacial score (nSPS) is 13.7. The standard InChI is InChI=1S/C23H32N6O10/c24-13(5-7-17(25)31)20(35)27-14(6-8-18(26)32)21(36)28-15(9-11-1-3-12(30)4-2-11)22(37)29-16(23(38)39)10-19(33)34/h1-4,13-16,30H,5-10,24H2,(H2,25,31)(H2,26,32)(H,27,35)(H,28,36)(H,29,37)(H,33,34)(H,38,39). The average molecular weight is 553 g/mol. The quantitative estimate of drug-likeness (QED) is 0.0927. The molecule has 0 aromatic heterocycles. The summed E-state index contributed by atoms with van der Waals surface area (Å²) in [6, 6.07) is -0.480. The van der Waals surface area contributed by atoms with Crippen LogP contribution in [-0.4, -0.2) is 81.0 Å². The van der Waals surface area contributed by atoms with Crippen LogP contribution in [0, 0.1) is 0 Å². The van der Waals surface area contributed by atoms with Crippen molar-refractivity contribution in [3.8, 4) is 5.75 Å². The van der Waals surface area contributed by atoms with Crippen LogP contribution < -0.4 is 33.2 Å². The Labute approximate surface area is 222 Å². The van der Waals surface area contributed by atoms with Gasteiger partial charge in [0.05, 0.1) is 12.5 Å². The third-order valence-electron chi connectivity index (χ3n) is 5.35. The van der Waals surface area contributed by atoms with Gasteiger partial charge in [-0.2, -0.15) is 0 Å². The first-order chi connectivity index (χ1) is 18.2. The highest BCUT2D eigenvalue weighted by Crippen LogP contribution is 2.12. The van der Waals surface area contributed by atoms with Crippen LogP contribution in [0.15, 0.2) is 24.3 Å². The molecule has 1 aromatic carbocycles. The minimum Gasteiger partial charge on any atom is -0.508 e. The largest absolute Gasteiger partial charge is 0.508 e. The third kappa shape index (κ3) is 12.4. The topological polar surface area (TPSA) is 294 Å². The number of aromatic hydroxyl groups is 1. The maximum Gasteiger partial charge on any atom is 0.326 e. The maximum atomic E-state index is 13.1. The molecule has 0 saturated carbocycles. The molecule has 16 heteroatoms. The Morgan fingerprint density at radius 2 is 1.21 bits per heavy atom. The fourth-order valence-corrected chi connectivity index (χ4v) is 3.26.